The first-order chi connectivity index (χ1) is 11.6. The van der Waals surface area contributed by atoms with E-state index >= 15 is 0 Å². The van der Waals surface area contributed by atoms with E-state index in [2.05, 4.69) is 10.4 Å². The second-order valence-electron chi connectivity index (χ2n) is 6.22. The Morgan fingerprint density at radius 3 is 2.38 bits per heavy atom. The number of nitrogens with zero attached hydrogens (tertiary/aromatic N) is 2. The first kappa shape index (κ1) is 16.2. The number of hydrogen-bond acceptors (Lipinski definition) is 3. The lowest BCUT2D eigenvalue weighted by Crippen LogP contribution is -2.34. The number of carbonyl (C=O) groups is 2. The SMILES string of the molecule is O=C(O)C1CCC(C(=O)NCc2ccc(-n3cccn3)cc2)CC1. The van der Waals surface area contributed by atoms with E-state index in [-0.39, 0.29) is 17.7 Å². The summed E-state index contributed by atoms with van der Waals surface area (Å²) in [6.07, 6.45) is 6.09. The predicted octanol–water partition coefficient (Wildman–Crippen LogP) is 2.38. The van der Waals surface area contributed by atoms with Gasteiger partial charge in [-0.3, -0.25) is 9.59 Å². The van der Waals surface area contributed by atoms with Crippen molar-refractivity contribution in [1.29, 1.82) is 0 Å². The number of aliphatic carboxylic acids is 1. The predicted molar refractivity (Wildman–Crippen MR) is 88.5 cm³/mol. The molecule has 0 radical (unpaired) electrons. The summed E-state index contributed by atoms with van der Waals surface area (Å²) in [5, 5.41) is 16.1. The third kappa shape index (κ3) is 3.82. The number of carboxylic acid groups (broad SMARTS) is 1. The van der Waals surface area contributed by atoms with Gasteiger partial charge in [0.1, 0.15) is 0 Å². The summed E-state index contributed by atoms with van der Waals surface area (Å²) < 4.78 is 1.78. The summed E-state index contributed by atoms with van der Waals surface area (Å²) in [5.41, 5.74) is 2.00. The van der Waals surface area contributed by atoms with Crippen molar-refractivity contribution in [1.82, 2.24) is 15.1 Å². The quantitative estimate of drug-likeness (QED) is 0.883. The highest BCUT2D eigenvalue weighted by atomic mass is 16.4. The van der Waals surface area contributed by atoms with Crippen molar-refractivity contribution in [3.63, 3.8) is 0 Å². The molecule has 1 heterocycles. The Kier molecular flexibility index (Phi) is 4.93. The third-order valence-corrected chi connectivity index (χ3v) is 4.62. The van der Waals surface area contributed by atoms with E-state index in [1.54, 1.807) is 10.9 Å². The van der Waals surface area contributed by atoms with E-state index in [4.69, 9.17) is 5.11 Å². The zero-order valence-electron chi connectivity index (χ0n) is 13.4. The van der Waals surface area contributed by atoms with Gasteiger partial charge >= 0.3 is 5.97 Å². The van der Waals surface area contributed by atoms with E-state index in [0.29, 0.717) is 32.2 Å². The van der Waals surface area contributed by atoms with Crippen molar-refractivity contribution >= 4 is 11.9 Å². The maximum Gasteiger partial charge on any atom is 0.306 e. The van der Waals surface area contributed by atoms with Crippen LogP contribution in [0, 0.1) is 11.8 Å². The van der Waals surface area contributed by atoms with Gasteiger partial charge < -0.3 is 10.4 Å². The van der Waals surface area contributed by atoms with E-state index in [1.165, 1.54) is 0 Å². The standard InChI is InChI=1S/C18H21N3O3/c22-17(14-4-6-15(7-5-14)18(23)24)19-12-13-2-8-16(9-3-13)21-11-1-10-20-21/h1-3,8-11,14-15H,4-7,12H2,(H,19,22)(H,23,24). The molecule has 0 spiro atoms. The molecule has 6 heteroatoms. The molecular weight excluding hydrogens is 306 g/mol. The van der Waals surface area contributed by atoms with Gasteiger partial charge in [0.05, 0.1) is 11.6 Å². The maximum absolute atomic E-state index is 12.2. The fourth-order valence-electron chi connectivity index (χ4n) is 3.12. The molecule has 0 bridgehead atoms. The number of aromatic nitrogens is 2. The Hall–Kier alpha value is -2.63. The molecular formula is C18H21N3O3. The average molecular weight is 327 g/mol. The summed E-state index contributed by atoms with van der Waals surface area (Å²) in [6, 6.07) is 9.74. The Balaban J connectivity index is 1.49. The molecule has 1 aliphatic rings. The molecule has 2 aromatic rings. The monoisotopic (exact) mass is 327 g/mol. The molecule has 1 aromatic heterocycles. The highest BCUT2D eigenvalue weighted by Crippen LogP contribution is 2.29. The minimum absolute atomic E-state index is 0.0231. The Labute approximate surface area is 140 Å². The number of benzene rings is 1. The first-order valence-electron chi connectivity index (χ1n) is 8.23. The molecule has 0 atom stereocenters. The topological polar surface area (TPSA) is 84.2 Å². The molecule has 24 heavy (non-hydrogen) atoms. The van der Waals surface area contributed by atoms with Crippen molar-refractivity contribution < 1.29 is 14.7 Å². The summed E-state index contributed by atoms with van der Waals surface area (Å²) in [4.78, 5) is 23.2. The van der Waals surface area contributed by atoms with Crippen molar-refractivity contribution in [3.05, 3.63) is 48.3 Å². The van der Waals surface area contributed by atoms with Crippen molar-refractivity contribution in [2.24, 2.45) is 11.8 Å². The molecule has 1 fully saturated rings. The van der Waals surface area contributed by atoms with Crippen LogP contribution in [0.15, 0.2) is 42.7 Å². The molecule has 1 aromatic carbocycles. The largest absolute Gasteiger partial charge is 0.481 e. The first-order valence-corrected chi connectivity index (χ1v) is 8.23. The third-order valence-electron chi connectivity index (χ3n) is 4.62. The minimum Gasteiger partial charge on any atom is -0.481 e. The van der Waals surface area contributed by atoms with Crippen molar-refractivity contribution in [2.45, 2.75) is 32.2 Å². The molecule has 1 saturated carbocycles. The lowest BCUT2D eigenvalue weighted by atomic mass is 9.81. The van der Waals surface area contributed by atoms with Crippen LogP contribution in [0.3, 0.4) is 0 Å². The van der Waals surface area contributed by atoms with Gasteiger partial charge in [0.2, 0.25) is 5.91 Å². The van der Waals surface area contributed by atoms with Crippen molar-refractivity contribution in [2.75, 3.05) is 0 Å². The molecule has 1 amide bonds. The molecule has 1 aliphatic carbocycles. The van der Waals surface area contributed by atoms with Gasteiger partial charge in [0, 0.05) is 24.9 Å². The van der Waals surface area contributed by atoms with Gasteiger partial charge in [-0.1, -0.05) is 12.1 Å². The normalized spacial score (nSPS) is 20.5. The molecule has 0 saturated heterocycles. The number of amides is 1. The molecule has 3 rings (SSSR count). The Morgan fingerprint density at radius 1 is 1.12 bits per heavy atom. The van der Waals surface area contributed by atoms with Crippen LogP contribution in [-0.2, 0) is 16.1 Å². The summed E-state index contributed by atoms with van der Waals surface area (Å²) in [5.74, 6) is -1.08. The lowest BCUT2D eigenvalue weighted by Gasteiger charge is -2.25. The fourth-order valence-corrected chi connectivity index (χ4v) is 3.12. The van der Waals surface area contributed by atoms with Crippen LogP contribution in [0.1, 0.15) is 31.2 Å². The highest BCUT2D eigenvalue weighted by Gasteiger charge is 2.29. The highest BCUT2D eigenvalue weighted by molar-refractivity contribution is 5.79. The fraction of sp³-hybridized carbons (Fsp3) is 0.389. The van der Waals surface area contributed by atoms with Crippen LogP contribution in [0.2, 0.25) is 0 Å². The van der Waals surface area contributed by atoms with Crippen LogP contribution >= 0.6 is 0 Å². The molecule has 126 valence electrons. The minimum atomic E-state index is -0.744. The number of carbonyl (C=O) groups excluding carboxylic acids is 1. The number of nitrogens with one attached hydrogen (secondary N) is 1. The number of rotatable bonds is 5. The van der Waals surface area contributed by atoms with Crippen LogP contribution < -0.4 is 5.32 Å². The van der Waals surface area contributed by atoms with E-state index in [1.807, 2.05) is 36.5 Å². The van der Waals surface area contributed by atoms with E-state index < -0.39 is 5.97 Å². The maximum atomic E-state index is 12.2. The van der Waals surface area contributed by atoms with Crippen molar-refractivity contribution in [3.8, 4) is 5.69 Å². The molecule has 0 aliphatic heterocycles. The van der Waals surface area contributed by atoms with Gasteiger partial charge in [-0.25, -0.2) is 4.68 Å². The van der Waals surface area contributed by atoms with Gasteiger partial charge in [-0.15, -0.1) is 0 Å². The second-order valence-corrected chi connectivity index (χ2v) is 6.22. The summed E-state index contributed by atoms with van der Waals surface area (Å²) in [7, 11) is 0. The second kappa shape index (κ2) is 7.29. The van der Waals surface area contributed by atoms with Gasteiger partial charge in [0.25, 0.3) is 0 Å². The van der Waals surface area contributed by atoms with Crippen LogP contribution in [0.4, 0.5) is 0 Å². The van der Waals surface area contributed by atoms with Crippen LogP contribution in [0.25, 0.3) is 5.69 Å². The Bertz CT molecular complexity index is 687. The molecule has 6 nitrogen and oxygen atoms in total. The number of hydrogen-bond donors (Lipinski definition) is 2. The Morgan fingerprint density at radius 2 is 1.79 bits per heavy atom. The summed E-state index contributed by atoms with van der Waals surface area (Å²) >= 11 is 0. The van der Waals surface area contributed by atoms with Crippen LogP contribution in [0.5, 0.6) is 0 Å². The molecule has 2 N–H and O–H groups in total. The van der Waals surface area contributed by atoms with E-state index in [9.17, 15) is 9.59 Å². The van der Waals surface area contributed by atoms with Gasteiger partial charge in [0.15, 0.2) is 0 Å². The summed E-state index contributed by atoms with van der Waals surface area (Å²) in [6.45, 7) is 0.483. The van der Waals surface area contributed by atoms with E-state index in [0.717, 1.165) is 11.3 Å². The smallest absolute Gasteiger partial charge is 0.306 e. The van der Waals surface area contributed by atoms with Gasteiger partial charge in [-0.2, -0.15) is 5.10 Å². The molecule has 0 unspecified atom stereocenters. The van der Waals surface area contributed by atoms with Gasteiger partial charge in [-0.05, 0) is 49.4 Å². The number of carboxylic acids is 1. The zero-order valence-corrected chi connectivity index (χ0v) is 13.4. The van der Waals surface area contributed by atoms with Crippen LogP contribution in [-0.4, -0.2) is 26.8 Å². The average Bonchev–Trinajstić information content (AvgIpc) is 3.15. The zero-order chi connectivity index (χ0) is 16.9. The lowest BCUT2D eigenvalue weighted by molar-refractivity contribution is -0.144.